The number of hydrogen-bond acceptors (Lipinski definition) is 3. The molecule has 0 bridgehead atoms. The number of halogens is 3. The number of rotatable bonds is 6. The van der Waals surface area contributed by atoms with E-state index in [4.69, 9.17) is 10.5 Å². The van der Waals surface area contributed by atoms with Crippen molar-refractivity contribution in [2.24, 2.45) is 5.73 Å². The summed E-state index contributed by atoms with van der Waals surface area (Å²) in [5, 5.41) is 0. The van der Waals surface area contributed by atoms with Gasteiger partial charge in [0.25, 0.3) is 0 Å². The minimum atomic E-state index is -4.42. The minimum Gasteiger partial charge on any atom is -0.383 e. The maximum atomic E-state index is 12.3. The number of alkyl halides is 3. The van der Waals surface area contributed by atoms with Crippen molar-refractivity contribution in [3.05, 3.63) is 0 Å². The second-order valence-corrected chi connectivity index (χ2v) is 4.89. The molecule has 1 rings (SSSR count). The molecule has 0 aromatic carbocycles. The summed E-state index contributed by atoms with van der Waals surface area (Å²) in [4.78, 5) is 13.5. The molecule has 1 aliphatic carbocycles. The van der Waals surface area contributed by atoms with E-state index in [-0.39, 0.29) is 6.04 Å². The Bertz CT molecular complexity index is 291. The van der Waals surface area contributed by atoms with E-state index < -0.39 is 24.5 Å². The van der Waals surface area contributed by atoms with Crippen LogP contribution >= 0.6 is 0 Å². The molecule has 0 heterocycles. The maximum absolute atomic E-state index is 12.3. The Morgan fingerprint density at radius 1 is 1.42 bits per heavy atom. The summed E-state index contributed by atoms with van der Waals surface area (Å²) in [6, 6.07) is -1.51. The fourth-order valence-electron chi connectivity index (χ4n) is 2.43. The largest absolute Gasteiger partial charge is 0.391 e. The van der Waals surface area contributed by atoms with Gasteiger partial charge < -0.3 is 15.4 Å². The van der Waals surface area contributed by atoms with Crippen molar-refractivity contribution in [3.8, 4) is 0 Å². The van der Waals surface area contributed by atoms with Crippen LogP contribution in [0.3, 0.4) is 0 Å². The van der Waals surface area contributed by atoms with E-state index in [1.54, 1.807) is 0 Å². The van der Waals surface area contributed by atoms with Gasteiger partial charge in [-0.1, -0.05) is 12.8 Å². The molecule has 1 unspecified atom stereocenters. The first-order chi connectivity index (χ1) is 8.85. The van der Waals surface area contributed by atoms with Gasteiger partial charge in [-0.25, -0.2) is 0 Å². The van der Waals surface area contributed by atoms with Crippen LogP contribution in [0.25, 0.3) is 0 Å². The molecule has 2 N–H and O–H groups in total. The van der Waals surface area contributed by atoms with Crippen molar-refractivity contribution >= 4 is 5.91 Å². The monoisotopic (exact) mass is 282 g/mol. The van der Waals surface area contributed by atoms with E-state index in [2.05, 4.69) is 0 Å². The van der Waals surface area contributed by atoms with E-state index in [1.165, 1.54) is 12.0 Å². The standard InChI is InChI=1S/C12H21F3N2O2/c1-19-7-6-17(9-4-2-3-5-9)11(18)10(16)8-12(13,14)15/h9-10H,2-8,16H2,1H3. The molecule has 0 aromatic rings. The molecule has 1 aliphatic rings. The van der Waals surface area contributed by atoms with Gasteiger partial charge >= 0.3 is 6.18 Å². The van der Waals surface area contributed by atoms with Crippen LogP contribution in [0.15, 0.2) is 0 Å². The van der Waals surface area contributed by atoms with Crippen molar-refractivity contribution in [2.75, 3.05) is 20.3 Å². The highest BCUT2D eigenvalue weighted by molar-refractivity contribution is 5.82. The quantitative estimate of drug-likeness (QED) is 0.806. The molecule has 0 spiro atoms. The first-order valence-corrected chi connectivity index (χ1v) is 6.47. The van der Waals surface area contributed by atoms with Crippen LogP contribution < -0.4 is 5.73 Å². The Labute approximate surface area is 111 Å². The average molecular weight is 282 g/mol. The molecule has 7 heteroatoms. The van der Waals surface area contributed by atoms with Crippen LogP contribution in [0.2, 0.25) is 0 Å². The van der Waals surface area contributed by atoms with Crippen molar-refractivity contribution in [1.82, 2.24) is 4.90 Å². The van der Waals surface area contributed by atoms with Gasteiger partial charge in [0.05, 0.1) is 19.1 Å². The third-order valence-corrected chi connectivity index (χ3v) is 3.35. The van der Waals surface area contributed by atoms with Crippen LogP contribution in [0, 0.1) is 0 Å². The zero-order valence-electron chi connectivity index (χ0n) is 11.1. The maximum Gasteiger partial charge on any atom is 0.391 e. The number of nitrogens with two attached hydrogens (primary N) is 1. The molecule has 0 saturated heterocycles. The van der Waals surface area contributed by atoms with Crippen molar-refractivity contribution < 1.29 is 22.7 Å². The summed E-state index contributed by atoms with van der Waals surface area (Å²) in [7, 11) is 1.49. The molecule has 4 nitrogen and oxygen atoms in total. The molecule has 112 valence electrons. The average Bonchev–Trinajstić information content (AvgIpc) is 2.80. The predicted molar refractivity (Wildman–Crippen MR) is 64.5 cm³/mol. The first-order valence-electron chi connectivity index (χ1n) is 6.47. The minimum absolute atomic E-state index is 0.00179. The lowest BCUT2D eigenvalue weighted by atomic mass is 10.1. The van der Waals surface area contributed by atoms with E-state index in [9.17, 15) is 18.0 Å². The van der Waals surface area contributed by atoms with E-state index in [1.807, 2.05) is 0 Å². The highest BCUT2D eigenvalue weighted by atomic mass is 19.4. The van der Waals surface area contributed by atoms with Gasteiger partial charge in [-0.2, -0.15) is 13.2 Å². The number of carbonyl (C=O) groups excluding carboxylic acids is 1. The summed E-state index contributed by atoms with van der Waals surface area (Å²) in [6.07, 6.45) is -2.05. The number of ether oxygens (including phenoxy) is 1. The SMILES string of the molecule is COCCN(C(=O)C(N)CC(F)(F)F)C1CCCC1. The molecule has 1 atom stereocenters. The molecular formula is C12H21F3N2O2. The van der Waals surface area contributed by atoms with Gasteiger partial charge in [-0.15, -0.1) is 0 Å². The Hall–Kier alpha value is -0.820. The zero-order chi connectivity index (χ0) is 14.5. The second kappa shape index (κ2) is 7.09. The van der Waals surface area contributed by atoms with Gasteiger partial charge in [-0.05, 0) is 12.8 Å². The molecule has 0 radical (unpaired) electrons. The first kappa shape index (κ1) is 16.2. The van der Waals surface area contributed by atoms with Gasteiger partial charge in [0.15, 0.2) is 0 Å². The Balaban J connectivity index is 2.64. The molecular weight excluding hydrogens is 261 g/mol. The third-order valence-electron chi connectivity index (χ3n) is 3.35. The fourth-order valence-corrected chi connectivity index (χ4v) is 2.43. The van der Waals surface area contributed by atoms with Crippen molar-refractivity contribution in [2.45, 2.75) is 50.4 Å². The van der Waals surface area contributed by atoms with Gasteiger partial charge in [0.2, 0.25) is 5.91 Å². The lowest BCUT2D eigenvalue weighted by molar-refractivity contribution is -0.154. The van der Waals surface area contributed by atoms with Gasteiger partial charge in [0.1, 0.15) is 0 Å². The van der Waals surface area contributed by atoms with E-state index >= 15 is 0 Å². The Kier molecular flexibility index (Phi) is 6.06. The molecule has 1 saturated carbocycles. The predicted octanol–water partition coefficient (Wildman–Crippen LogP) is 1.68. The highest BCUT2D eigenvalue weighted by Gasteiger charge is 2.37. The fraction of sp³-hybridized carbons (Fsp3) is 0.917. The molecule has 0 aliphatic heterocycles. The van der Waals surface area contributed by atoms with E-state index in [0.29, 0.717) is 13.2 Å². The van der Waals surface area contributed by atoms with Crippen LogP contribution in [-0.2, 0) is 9.53 Å². The Morgan fingerprint density at radius 3 is 2.47 bits per heavy atom. The summed E-state index contributed by atoms with van der Waals surface area (Å²) in [5.74, 6) is -0.624. The summed E-state index contributed by atoms with van der Waals surface area (Å²) >= 11 is 0. The van der Waals surface area contributed by atoms with Crippen molar-refractivity contribution in [1.29, 1.82) is 0 Å². The van der Waals surface area contributed by atoms with Crippen LogP contribution in [0.1, 0.15) is 32.1 Å². The number of nitrogens with zero attached hydrogens (tertiary/aromatic N) is 1. The van der Waals surface area contributed by atoms with Crippen LogP contribution in [-0.4, -0.2) is 49.3 Å². The van der Waals surface area contributed by atoms with Gasteiger partial charge in [0, 0.05) is 19.7 Å². The zero-order valence-corrected chi connectivity index (χ0v) is 11.1. The van der Waals surface area contributed by atoms with Gasteiger partial charge in [-0.3, -0.25) is 4.79 Å². The van der Waals surface area contributed by atoms with Crippen LogP contribution in [0.4, 0.5) is 13.2 Å². The number of methoxy groups -OCH3 is 1. The summed E-state index contributed by atoms with van der Waals surface area (Å²) in [5.41, 5.74) is 5.39. The molecule has 1 fully saturated rings. The number of amides is 1. The smallest absolute Gasteiger partial charge is 0.383 e. The lowest BCUT2D eigenvalue weighted by Gasteiger charge is -2.31. The molecule has 1 amide bonds. The normalized spacial score (nSPS) is 18.6. The van der Waals surface area contributed by atoms with Crippen LogP contribution in [0.5, 0.6) is 0 Å². The number of hydrogen-bond donors (Lipinski definition) is 1. The Morgan fingerprint density at radius 2 is 2.00 bits per heavy atom. The highest BCUT2D eigenvalue weighted by Crippen LogP contribution is 2.26. The molecule has 0 aromatic heterocycles. The summed E-state index contributed by atoms with van der Waals surface area (Å²) in [6.45, 7) is 0.604. The summed E-state index contributed by atoms with van der Waals surface area (Å²) < 4.78 is 41.8. The third kappa shape index (κ3) is 5.36. The lowest BCUT2D eigenvalue weighted by Crippen LogP contribution is -2.50. The second-order valence-electron chi connectivity index (χ2n) is 4.89. The molecule has 19 heavy (non-hydrogen) atoms. The van der Waals surface area contributed by atoms with E-state index in [0.717, 1.165) is 25.7 Å². The topological polar surface area (TPSA) is 55.6 Å². The van der Waals surface area contributed by atoms with Crippen molar-refractivity contribution in [3.63, 3.8) is 0 Å². The number of carbonyl (C=O) groups is 1.